The van der Waals surface area contributed by atoms with Crippen LogP contribution in [-0.4, -0.2) is 10.7 Å². The van der Waals surface area contributed by atoms with Crippen molar-refractivity contribution in [1.82, 2.24) is 0 Å². The first-order valence-corrected chi connectivity index (χ1v) is 4.82. The normalized spacial score (nSPS) is 34.6. The Hall–Kier alpha value is -0.300. The largest absolute Gasteiger partial charge is 0.386 e. The van der Waals surface area contributed by atoms with Crippen LogP contribution in [0.1, 0.15) is 47.0 Å². The number of rotatable bonds is 1. The third-order valence-electron chi connectivity index (χ3n) is 3.11. The highest BCUT2D eigenvalue weighted by Crippen LogP contribution is 2.40. The summed E-state index contributed by atoms with van der Waals surface area (Å²) in [6.45, 7) is 8.55. The molecular formula is C11H20O. The lowest BCUT2D eigenvalue weighted by molar-refractivity contribution is 0.0440. The molecule has 0 saturated heterocycles. The van der Waals surface area contributed by atoms with E-state index in [0.29, 0.717) is 0 Å². The van der Waals surface area contributed by atoms with E-state index in [0.717, 1.165) is 24.8 Å². The molecular weight excluding hydrogens is 148 g/mol. The van der Waals surface area contributed by atoms with Crippen molar-refractivity contribution in [3.63, 3.8) is 0 Å². The maximum Gasteiger partial charge on any atom is 0.0852 e. The second-order valence-electron chi connectivity index (χ2n) is 4.70. The lowest BCUT2D eigenvalue weighted by atomic mass is 9.72. The Kier molecular flexibility index (Phi) is 2.35. The fourth-order valence-electron chi connectivity index (χ4n) is 1.97. The van der Waals surface area contributed by atoms with Crippen molar-refractivity contribution in [2.45, 2.75) is 52.6 Å². The summed E-state index contributed by atoms with van der Waals surface area (Å²) in [4.78, 5) is 0. The van der Waals surface area contributed by atoms with Crippen LogP contribution >= 0.6 is 0 Å². The van der Waals surface area contributed by atoms with E-state index in [2.05, 4.69) is 26.8 Å². The summed E-state index contributed by atoms with van der Waals surface area (Å²) >= 11 is 0. The molecule has 1 rings (SSSR count). The van der Waals surface area contributed by atoms with E-state index < -0.39 is 5.60 Å². The lowest BCUT2D eigenvalue weighted by Crippen LogP contribution is -2.35. The second-order valence-corrected chi connectivity index (χ2v) is 4.70. The zero-order valence-corrected chi connectivity index (χ0v) is 8.65. The predicted octanol–water partition coefficient (Wildman–Crippen LogP) is 2.89. The summed E-state index contributed by atoms with van der Waals surface area (Å²) in [5, 5.41) is 10.1. The van der Waals surface area contributed by atoms with Crippen LogP contribution in [0.3, 0.4) is 0 Å². The molecule has 1 heteroatoms. The summed E-state index contributed by atoms with van der Waals surface area (Å²) in [7, 11) is 0. The van der Waals surface area contributed by atoms with Crippen LogP contribution in [0.25, 0.3) is 0 Å². The highest BCUT2D eigenvalue weighted by molar-refractivity contribution is 5.20. The first kappa shape index (κ1) is 9.79. The lowest BCUT2D eigenvalue weighted by Gasteiger charge is -2.38. The van der Waals surface area contributed by atoms with Crippen molar-refractivity contribution in [2.75, 3.05) is 0 Å². The van der Waals surface area contributed by atoms with E-state index >= 15 is 0 Å². The van der Waals surface area contributed by atoms with Gasteiger partial charge in [0, 0.05) is 0 Å². The number of hydrogen-bond acceptors (Lipinski definition) is 1. The summed E-state index contributed by atoms with van der Waals surface area (Å²) in [5.74, 6) is 0. The first-order valence-electron chi connectivity index (χ1n) is 4.82. The third-order valence-corrected chi connectivity index (χ3v) is 3.11. The van der Waals surface area contributed by atoms with Crippen LogP contribution in [0, 0.1) is 5.41 Å². The van der Waals surface area contributed by atoms with Gasteiger partial charge in [0.05, 0.1) is 5.60 Å². The van der Waals surface area contributed by atoms with Crippen LogP contribution in [0.5, 0.6) is 0 Å². The number of allylic oxidation sites excluding steroid dienone is 1. The zero-order valence-electron chi connectivity index (χ0n) is 8.65. The molecule has 0 heterocycles. The molecule has 1 aliphatic rings. The quantitative estimate of drug-likeness (QED) is 0.597. The Morgan fingerprint density at radius 3 is 2.42 bits per heavy atom. The van der Waals surface area contributed by atoms with Crippen molar-refractivity contribution in [3.8, 4) is 0 Å². The monoisotopic (exact) mass is 168 g/mol. The topological polar surface area (TPSA) is 20.2 Å². The van der Waals surface area contributed by atoms with Gasteiger partial charge in [0.1, 0.15) is 0 Å². The highest BCUT2D eigenvalue weighted by Gasteiger charge is 2.34. The summed E-state index contributed by atoms with van der Waals surface area (Å²) in [5.41, 5.74) is 0.933. The molecule has 0 aromatic rings. The molecule has 0 spiro atoms. The standard InChI is InChI=1S/C11H20O/c1-5-11(12)7-6-10(3,4)8-9(11)2/h8,12H,5-7H2,1-4H3. The first-order chi connectivity index (χ1) is 5.40. The van der Waals surface area contributed by atoms with E-state index in [1.807, 2.05) is 6.92 Å². The van der Waals surface area contributed by atoms with Gasteiger partial charge in [0.2, 0.25) is 0 Å². The minimum absolute atomic E-state index is 0.283. The van der Waals surface area contributed by atoms with Gasteiger partial charge in [-0.15, -0.1) is 0 Å². The molecule has 0 aromatic carbocycles. The molecule has 0 aliphatic heterocycles. The van der Waals surface area contributed by atoms with Crippen LogP contribution in [-0.2, 0) is 0 Å². The van der Waals surface area contributed by atoms with Gasteiger partial charge in [-0.1, -0.05) is 26.8 Å². The molecule has 0 fully saturated rings. The smallest absolute Gasteiger partial charge is 0.0852 e. The molecule has 1 nitrogen and oxygen atoms in total. The molecule has 1 atom stereocenters. The van der Waals surface area contributed by atoms with E-state index in [1.165, 1.54) is 0 Å². The maximum atomic E-state index is 10.1. The zero-order chi connectivity index (χ0) is 9.41. The van der Waals surface area contributed by atoms with Gasteiger partial charge in [-0.2, -0.15) is 0 Å². The average molecular weight is 168 g/mol. The van der Waals surface area contributed by atoms with E-state index in [-0.39, 0.29) is 5.41 Å². The Morgan fingerprint density at radius 1 is 1.42 bits per heavy atom. The fraction of sp³-hybridized carbons (Fsp3) is 0.818. The molecule has 1 unspecified atom stereocenters. The van der Waals surface area contributed by atoms with Crippen molar-refractivity contribution in [1.29, 1.82) is 0 Å². The SMILES string of the molecule is CCC1(O)CCC(C)(C)C=C1C. The van der Waals surface area contributed by atoms with Crippen LogP contribution in [0.15, 0.2) is 11.6 Å². The second kappa shape index (κ2) is 2.88. The van der Waals surface area contributed by atoms with Gasteiger partial charge in [-0.3, -0.25) is 0 Å². The van der Waals surface area contributed by atoms with Gasteiger partial charge in [-0.05, 0) is 37.2 Å². The van der Waals surface area contributed by atoms with Crippen molar-refractivity contribution < 1.29 is 5.11 Å². The van der Waals surface area contributed by atoms with Gasteiger partial charge in [0.25, 0.3) is 0 Å². The molecule has 12 heavy (non-hydrogen) atoms. The molecule has 70 valence electrons. The van der Waals surface area contributed by atoms with E-state index in [1.54, 1.807) is 0 Å². The molecule has 1 N–H and O–H groups in total. The minimum atomic E-state index is -0.504. The maximum absolute atomic E-state index is 10.1. The van der Waals surface area contributed by atoms with Gasteiger partial charge in [-0.25, -0.2) is 0 Å². The van der Waals surface area contributed by atoms with Gasteiger partial charge < -0.3 is 5.11 Å². The summed E-state index contributed by atoms with van der Waals surface area (Å²) in [6.07, 6.45) is 5.07. The summed E-state index contributed by atoms with van der Waals surface area (Å²) < 4.78 is 0. The Bertz CT molecular complexity index is 203. The summed E-state index contributed by atoms with van der Waals surface area (Å²) in [6, 6.07) is 0. The van der Waals surface area contributed by atoms with E-state index in [4.69, 9.17) is 0 Å². The predicted molar refractivity (Wildman–Crippen MR) is 52.0 cm³/mol. The number of hydrogen-bond donors (Lipinski definition) is 1. The Labute approximate surface area is 75.5 Å². The molecule has 0 aromatic heterocycles. The molecule has 0 radical (unpaired) electrons. The molecule has 0 saturated carbocycles. The minimum Gasteiger partial charge on any atom is -0.386 e. The van der Waals surface area contributed by atoms with Crippen molar-refractivity contribution in [2.24, 2.45) is 5.41 Å². The van der Waals surface area contributed by atoms with Gasteiger partial charge in [0.15, 0.2) is 0 Å². The molecule has 0 bridgehead atoms. The molecule has 0 amide bonds. The Morgan fingerprint density at radius 2 is 2.00 bits per heavy atom. The third kappa shape index (κ3) is 1.71. The van der Waals surface area contributed by atoms with Crippen molar-refractivity contribution in [3.05, 3.63) is 11.6 Å². The van der Waals surface area contributed by atoms with Crippen molar-refractivity contribution >= 4 is 0 Å². The van der Waals surface area contributed by atoms with Crippen LogP contribution in [0.2, 0.25) is 0 Å². The number of aliphatic hydroxyl groups is 1. The van der Waals surface area contributed by atoms with E-state index in [9.17, 15) is 5.11 Å². The van der Waals surface area contributed by atoms with Gasteiger partial charge >= 0.3 is 0 Å². The Balaban J connectivity index is 2.90. The highest BCUT2D eigenvalue weighted by atomic mass is 16.3. The fourth-order valence-corrected chi connectivity index (χ4v) is 1.97. The average Bonchev–Trinajstić information content (AvgIpc) is 1.97. The van der Waals surface area contributed by atoms with Crippen LogP contribution in [0.4, 0.5) is 0 Å². The molecule has 1 aliphatic carbocycles. The van der Waals surface area contributed by atoms with Crippen LogP contribution < -0.4 is 0 Å².